The molecule has 8 nitrogen and oxygen atoms in total. The zero-order chi connectivity index (χ0) is 37.6. The number of nitrogens with zero attached hydrogens (tertiary/aromatic N) is 2. The van der Waals surface area contributed by atoms with Gasteiger partial charge in [0.05, 0.1) is 16.1 Å². The van der Waals surface area contributed by atoms with Gasteiger partial charge in [0, 0.05) is 37.3 Å². The molecule has 12 heteroatoms. The number of rotatable bonds is 8. The fraction of sp³-hybridized carbons (Fsp3) is 0.125. The number of fused-ring (bicyclic) bond motifs is 1. The van der Waals surface area contributed by atoms with Crippen LogP contribution >= 0.6 is 11.6 Å². The number of hydrogen-bond acceptors (Lipinski definition) is 4. The van der Waals surface area contributed by atoms with Gasteiger partial charge >= 0.3 is 12.1 Å². The van der Waals surface area contributed by atoms with Crippen LogP contribution in [0.4, 0.5) is 18.9 Å². The van der Waals surface area contributed by atoms with Crippen molar-refractivity contribution in [1.82, 2.24) is 9.47 Å². The van der Waals surface area contributed by atoms with Crippen molar-refractivity contribution in [2.45, 2.75) is 18.8 Å². The summed E-state index contributed by atoms with van der Waals surface area (Å²) in [5, 5.41) is 12.6. The SMILES string of the molecule is CN(Cc1ccccc1)C(=O)C(N)c1ccccc1.Cn1c(C(=O)O)c(Cl)c2cc(NC(=O)c3ccccc3-c3ccc(C(F)(F)F)cc3)ccc21. The topological polar surface area (TPSA) is 118 Å². The van der Waals surface area contributed by atoms with Gasteiger partial charge in [-0.3, -0.25) is 9.59 Å². The Morgan fingerprint density at radius 1 is 0.865 bits per heavy atom. The number of carbonyl (C=O) groups excluding carboxylic acids is 2. The van der Waals surface area contributed by atoms with Crippen LogP contribution in [0.15, 0.2) is 127 Å². The number of carboxylic acid groups (broad SMARTS) is 1. The van der Waals surface area contributed by atoms with Gasteiger partial charge in [-0.15, -0.1) is 0 Å². The van der Waals surface area contributed by atoms with E-state index in [1.165, 1.54) is 16.7 Å². The van der Waals surface area contributed by atoms with E-state index < -0.39 is 29.7 Å². The molecule has 1 unspecified atom stereocenters. The second-order valence-electron chi connectivity index (χ2n) is 11.9. The minimum atomic E-state index is -4.45. The smallest absolute Gasteiger partial charge is 0.416 e. The predicted molar refractivity (Wildman–Crippen MR) is 196 cm³/mol. The van der Waals surface area contributed by atoms with Crippen LogP contribution in [0.3, 0.4) is 0 Å². The monoisotopic (exact) mass is 726 g/mol. The molecule has 6 aromatic rings. The van der Waals surface area contributed by atoms with Crippen molar-refractivity contribution < 1.29 is 32.7 Å². The van der Waals surface area contributed by atoms with E-state index >= 15 is 0 Å². The normalized spacial score (nSPS) is 11.7. The Morgan fingerprint density at radius 3 is 2.08 bits per heavy atom. The highest BCUT2D eigenvalue weighted by Crippen LogP contribution is 2.34. The first kappa shape index (κ1) is 37.3. The Balaban J connectivity index is 0.000000233. The van der Waals surface area contributed by atoms with E-state index in [0.717, 1.165) is 23.3 Å². The van der Waals surface area contributed by atoms with E-state index in [9.17, 15) is 32.7 Å². The van der Waals surface area contributed by atoms with Crippen molar-refractivity contribution >= 4 is 46.0 Å². The lowest BCUT2D eigenvalue weighted by molar-refractivity contribution is -0.137. The number of carbonyl (C=O) groups is 3. The molecule has 0 bridgehead atoms. The Kier molecular flexibility index (Phi) is 11.5. The number of aromatic nitrogens is 1. The van der Waals surface area contributed by atoms with Crippen LogP contribution < -0.4 is 11.1 Å². The summed E-state index contributed by atoms with van der Waals surface area (Å²) in [6.45, 7) is 0.570. The molecule has 0 aliphatic heterocycles. The molecule has 0 saturated carbocycles. The van der Waals surface area contributed by atoms with E-state index in [-0.39, 0.29) is 22.2 Å². The molecule has 0 aliphatic rings. The molecule has 52 heavy (non-hydrogen) atoms. The third-order valence-electron chi connectivity index (χ3n) is 8.36. The zero-order valence-corrected chi connectivity index (χ0v) is 28.8. The van der Waals surface area contributed by atoms with E-state index in [4.69, 9.17) is 17.3 Å². The molecule has 1 heterocycles. The molecular weight excluding hydrogens is 693 g/mol. The summed E-state index contributed by atoms with van der Waals surface area (Å²) in [6, 6.07) is 34.7. The van der Waals surface area contributed by atoms with E-state index in [1.54, 1.807) is 61.5 Å². The summed E-state index contributed by atoms with van der Waals surface area (Å²) in [5.74, 6) is -1.72. The lowest BCUT2D eigenvalue weighted by atomic mass is 9.98. The van der Waals surface area contributed by atoms with Crippen LogP contribution in [-0.4, -0.2) is 39.4 Å². The van der Waals surface area contributed by atoms with Gasteiger partial charge in [-0.05, 0) is 58.7 Å². The van der Waals surface area contributed by atoms with Crippen molar-refractivity contribution in [2.24, 2.45) is 12.8 Å². The van der Waals surface area contributed by atoms with E-state index in [2.05, 4.69) is 5.32 Å². The number of aromatic carboxylic acids is 1. The standard InChI is InChI=1S/C24H16ClF3N2O3.C16H18N2O/c1-30-19-11-10-15(12-18(19)20(25)21(30)23(32)33)29-22(31)17-5-3-2-4-16(17)13-6-8-14(9-7-13)24(26,27)28;1-18(12-13-8-4-2-5-9-13)16(19)15(17)14-10-6-3-7-11-14/h2-12H,1H3,(H,29,31)(H,32,33);2-11,15H,12,17H2,1H3. The summed E-state index contributed by atoms with van der Waals surface area (Å²) in [5.41, 5.74) is 9.26. The summed E-state index contributed by atoms with van der Waals surface area (Å²) in [7, 11) is 3.36. The van der Waals surface area contributed by atoms with E-state index in [0.29, 0.717) is 34.3 Å². The minimum Gasteiger partial charge on any atom is -0.477 e. The summed E-state index contributed by atoms with van der Waals surface area (Å²) in [4.78, 5) is 38.4. The fourth-order valence-electron chi connectivity index (χ4n) is 5.66. The zero-order valence-electron chi connectivity index (χ0n) is 28.1. The van der Waals surface area contributed by atoms with Crippen molar-refractivity contribution in [3.8, 4) is 11.1 Å². The van der Waals surface area contributed by atoms with Gasteiger partial charge in [0.15, 0.2) is 0 Å². The number of anilines is 1. The summed E-state index contributed by atoms with van der Waals surface area (Å²) < 4.78 is 40.1. The molecule has 4 N–H and O–H groups in total. The molecule has 5 aromatic carbocycles. The maximum atomic E-state index is 13.0. The van der Waals surface area contributed by atoms with Crippen molar-refractivity contribution in [3.05, 3.63) is 160 Å². The maximum absolute atomic E-state index is 13.0. The summed E-state index contributed by atoms with van der Waals surface area (Å²) >= 11 is 6.24. The molecule has 266 valence electrons. The number of nitrogens with two attached hydrogens (primary N) is 1. The predicted octanol–water partition coefficient (Wildman–Crippen LogP) is 8.81. The van der Waals surface area contributed by atoms with Gasteiger partial charge in [0.2, 0.25) is 5.91 Å². The maximum Gasteiger partial charge on any atom is 0.416 e. The Morgan fingerprint density at radius 2 is 1.46 bits per heavy atom. The average molecular weight is 727 g/mol. The van der Waals surface area contributed by atoms with Crippen LogP contribution in [-0.2, 0) is 24.6 Å². The molecule has 0 spiro atoms. The van der Waals surface area contributed by atoms with Gasteiger partial charge in [-0.1, -0.05) is 103 Å². The molecule has 0 saturated heterocycles. The van der Waals surface area contributed by atoms with Crippen molar-refractivity contribution in [3.63, 3.8) is 0 Å². The first-order valence-corrected chi connectivity index (χ1v) is 16.3. The van der Waals surface area contributed by atoms with Crippen LogP contribution in [0.25, 0.3) is 22.0 Å². The number of carboxylic acids is 1. The van der Waals surface area contributed by atoms with Gasteiger partial charge in [-0.2, -0.15) is 13.2 Å². The number of hydrogen-bond donors (Lipinski definition) is 3. The van der Waals surface area contributed by atoms with Crippen LogP contribution in [0.2, 0.25) is 5.02 Å². The summed E-state index contributed by atoms with van der Waals surface area (Å²) in [6.07, 6.45) is -4.45. The molecule has 2 amide bonds. The Hall–Kier alpha value is -5.91. The number of amides is 2. The quantitative estimate of drug-likeness (QED) is 0.145. The van der Waals surface area contributed by atoms with Crippen molar-refractivity contribution in [1.29, 1.82) is 0 Å². The number of halogens is 4. The lowest BCUT2D eigenvalue weighted by Crippen LogP contribution is -2.35. The lowest BCUT2D eigenvalue weighted by Gasteiger charge is -2.21. The van der Waals surface area contributed by atoms with Crippen LogP contribution in [0, 0.1) is 0 Å². The molecular formula is C40H34ClF3N4O4. The molecule has 6 rings (SSSR count). The van der Waals surface area contributed by atoms with Crippen LogP contribution in [0.5, 0.6) is 0 Å². The Bertz CT molecular complexity index is 2210. The number of alkyl halides is 3. The third-order valence-corrected chi connectivity index (χ3v) is 8.74. The Labute approximate surface area is 302 Å². The van der Waals surface area contributed by atoms with Crippen molar-refractivity contribution in [2.75, 3.05) is 12.4 Å². The third kappa shape index (κ3) is 8.51. The largest absolute Gasteiger partial charge is 0.477 e. The highest BCUT2D eigenvalue weighted by Gasteiger charge is 2.30. The highest BCUT2D eigenvalue weighted by molar-refractivity contribution is 6.38. The first-order chi connectivity index (χ1) is 24.8. The second-order valence-corrected chi connectivity index (χ2v) is 12.3. The number of likely N-dealkylation sites (N-methyl/N-ethyl adjacent to an activating group) is 1. The highest BCUT2D eigenvalue weighted by atomic mass is 35.5. The van der Waals surface area contributed by atoms with Gasteiger partial charge < -0.3 is 25.6 Å². The molecule has 1 aromatic heterocycles. The average Bonchev–Trinajstić information content (AvgIpc) is 3.40. The molecule has 0 fully saturated rings. The van der Waals surface area contributed by atoms with Gasteiger partial charge in [0.1, 0.15) is 11.7 Å². The first-order valence-electron chi connectivity index (χ1n) is 15.9. The number of benzene rings is 5. The molecule has 0 aliphatic carbocycles. The van der Waals surface area contributed by atoms with E-state index in [1.807, 2.05) is 60.7 Å². The minimum absolute atomic E-state index is 0.0567. The number of aryl methyl sites for hydroxylation is 1. The fourth-order valence-corrected chi connectivity index (χ4v) is 6.02. The molecule has 0 radical (unpaired) electrons. The van der Waals surface area contributed by atoms with Gasteiger partial charge in [-0.25, -0.2) is 4.79 Å². The van der Waals surface area contributed by atoms with Crippen LogP contribution in [0.1, 0.15) is 43.6 Å². The second kappa shape index (κ2) is 16.0. The molecule has 1 atom stereocenters. The number of nitrogens with one attached hydrogen (secondary N) is 1. The van der Waals surface area contributed by atoms with Gasteiger partial charge in [0.25, 0.3) is 5.91 Å².